The van der Waals surface area contributed by atoms with Gasteiger partial charge in [0.05, 0.1) is 17.8 Å². The Morgan fingerprint density at radius 1 is 1.25 bits per heavy atom. The SMILES string of the molecule is CN1CC(n2cnc3scc(-c4ccccc4Cl)c3c2=O)CC1=O. The zero-order chi connectivity index (χ0) is 16.8. The van der Waals surface area contributed by atoms with Gasteiger partial charge in [-0.2, -0.15) is 0 Å². The molecule has 122 valence electrons. The molecule has 0 aliphatic carbocycles. The van der Waals surface area contributed by atoms with Crippen molar-refractivity contribution >= 4 is 39.1 Å². The average molecular weight is 360 g/mol. The Labute approximate surface area is 147 Å². The third kappa shape index (κ3) is 2.34. The van der Waals surface area contributed by atoms with E-state index in [0.717, 1.165) is 11.1 Å². The van der Waals surface area contributed by atoms with E-state index in [1.807, 2.05) is 23.6 Å². The Hall–Kier alpha value is -2.18. The summed E-state index contributed by atoms with van der Waals surface area (Å²) in [6.07, 6.45) is 1.88. The molecule has 1 atom stereocenters. The van der Waals surface area contributed by atoms with Gasteiger partial charge in [0.1, 0.15) is 4.83 Å². The molecule has 5 nitrogen and oxygen atoms in total. The Bertz CT molecular complexity index is 1010. The molecule has 0 radical (unpaired) electrons. The highest BCUT2D eigenvalue weighted by atomic mass is 35.5. The van der Waals surface area contributed by atoms with E-state index in [9.17, 15) is 9.59 Å². The maximum absolute atomic E-state index is 13.1. The molecular weight excluding hydrogens is 346 g/mol. The normalized spacial score (nSPS) is 17.8. The second-order valence-electron chi connectivity index (χ2n) is 5.90. The van der Waals surface area contributed by atoms with Gasteiger partial charge >= 0.3 is 0 Å². The fourth-order valence-corrected chi connectivity index (χ4v) is 4.24. The van der Waals surface area contributed by atoms with Crippen LogP contribution in [0.15, 0.2) is 40.8 Å². The zero-order valence-corrected chi connectivity index (χ0v) is 14.5. The molecule has 1 saturated heterocycles. The molecule has 0 N–H and O–H groups in total. The number of rotatable bonds is 2. The van der Waals surface area contributed by atoms with Crippen LogP contribution in [-0.4, -0.2) is 34.0 Å². The van der Waals surface area contributed by atoms with Crippen LogP contribution in [0.3, 0.4) is 0 Å². The van der Waals surface area contributed by atoms with Crippen LogP contribution in [0.4, 0.5) is 0 Å². The first kappa shape index (κ1) is 15.4. The van der Waals surface area contributed by atoms with Crippen LogP contribution in [-0.2, 0) is 4.79 Å². The third-order valence-corrected chi connectivity index (χ3v) is 5.61. The van der Waals surface area contributed by atoms with E-state index in [0.29, 0.717) is 28.2 Å². The molecule has 0 saturated carbocycles. The molecule has 0 bridgehead atoms. The van der Waals surface area contributed by atoms with Crippen molar-refractivity contribution < 1.29 is 4.79 Å². The van der Waals surface area contributed by atoms with Crippen molar-refractivity contribution in [2.24, 2.45) is 0 Å². The fourth-order valence-electron chi connectivity index (χ4n) is 3.11. The topological polar surface area (TPSA) is 55.2 Å². The van der Waals surface area contributed by atoms with E-state index < -0.39 is 0 Å². The van der Waals surface area contributed by atoms with Crippen LogP contribution in [0.5, 0.6) is 0 Å². The van der Waals surface area contributed by atoms with E-state index >= 15 is 0 Å². The number of carbonyl (C=O) groups is 1. The summed E-state index contributed by atoms with van der Waals surface area (Å²) in [4.78, 5) is 31.6. The molecule has 1 amide bonds. The number of hydrogen-bond acceptors (Lipinski definition) is 4. The van der Waals surface area contributed by atoms with Crippen molar-refractivity contribution in [3.05, 3.63) is 51.3 Å². The summed E-state index contributed by atoms with van der Waals surface area (Å²) in [6.45, 7) is 0.525. The number of likely N-dealkylation sites (tertiary alicyclic amines) is 1. The monoisotopic (exact) mass is 359 g/mol. The van der Waals surface area contributed by atoms with Gasteiger partial charge in [-0.05, 0) is 6.07 Å². The summed E-state index contributed by atoms with van der Waals surface area (Å²) < 4.78 is 1.58. The van der Waals surface area contributed by atoms with E-state index in [2.05, 4.69) is 4.98 Å². The average Bonchev–Trinajstić information content (AvgIpc) is 3.13. The number of benzene rings is 1. The Morgan fingerprint density at radius 3 is 2.75 bits per heavy atom. The minimum absolute atomic E-state index is 0.0450. The van der Waals surface area contributed by atoms with Crippen molar-refractivity contribution in [2.75, 3.05) is 13.6 Å². The summed E-state index contributed by atoms with van der Waals surface area (Å²) in [5.41, 5.74) is 1.50. The number of carbonyl (C=O) groups excluding carboxylic acids is 1. The van der Waals surface area contributed by atoms with E-state index in [1.165, 1.54) is 11.3 Å². The summed E-state index contributed by atoms with van der Waals surface area (Å²) in [6, 6.07) is 7.28. The molecule has 1 aliphatic rings. The van der Waals surface area contributed by atoms with Gasteiger partial charge in [0.25, 0.3) is 5.56 Å². The molecule has 1 unspecified atom stereocenters. The Balaban J connectivity index is 1.90. The minimum Gasteiger partial charge on any atom is -0.344 e. The minimum atomic E-state index is -0.175. The Kier molecular flexibility index (Phi) is 3.66. The smallest absolute Gasteiger partial charge is 0.263 e. The van der Waals surface area contributed by atoms with Crippen LogP contribution in [0, 0.1) is 0 Å². The first-order valence-electron chi connectivity index (χ1n) is 7.53. The highest BCUT2D eigenvalue weighted by Crippen LogP contribution is 2.35. The molecule has 4 rings (SSSR count). The second-order valence-corrected chi connectivity index (χ2v) is 7.16. The maximum Gasteiger partial charge on any atom is 0.263 e. The van der Waals surface area contributed by atoms with E-state index in [1.54, 1.807) is 28.9 Å². The number of halogens is 1. The third-order valence-electron chi connectivity index (χ3n) is 4.40. The van der Waals surface area contributed by atoms with Gasteiger partial charge in [0.15, 0.2) is 0 Å². The molecule has 3 heterocycles. The van der Waals surface area contributed by atoms with Gasteiger partial charge in [-0.3, -0.25) is 14.2 Å². The second kappa shape index (κ2) is 5.72. The van der Waals surface area contributed by atoms with Crippen LogP contribution in [0.1, 0.15) is 12.5 Å². The van der Waals surface area contributed by atoms with Crippen LogP contribution in [0.2, 0.25) is 5.02 Å². The predicted octanol–water partition coefficient (Wildman–Crippen LogP) is 3.18. The lowest BCUT2D eigenvalue weighted by Gasteiger charge is -2.13. The van der Waals surface area contributed by atoms with E-state index in [-0.39, 0.29) is 17.5 Å². The van der Waals surface area contributed by atoms with Gasteiger partial charge in [-0.15, -0.1) is 11.3 Å². The molecule has 3 aromatic rings. The molecule has 1 aromatic carbocycles. The summed E-state index contributed by atoms with van der Waals surface area (Å²) in [7, 11) is 1.75. The van der Waals surface area contributed by atoms with Gasteiger partial charge in [-0.1, -0.05) is 29.8 Å². The molecule has 1 fully saturated rings. The molecule has 2 aromatic heterocycles. The van der Waals surface area contributed by atoms with Crippen molar-refractivity contribution in [2.45, 2.75) is 12.5 Å². The molecular formula is C17H14ClN3O2S. The number of fused-ring (bicyclic) bond motifs is 1. The highest BCUT2D eigenvalue weighted by molar-refractivity contribution is 7.17. The summed E-state index contributed by atoms with van der Waals surface area (Å²) in [5.74, 6) is 0.0450. The lowest BCUT2D eigenvalue weighted by Crippen LogP contribution is -2.27. The molecule has 24 heavy (non-hydrogen) atoms. The highest BCUT2D eigenvalue weighted by Gasteiger charge is 2.29. The van der Waals surface area contributed by atoms with Crippen molar-refractivity contribution in [3.63, 3.8) is 0 Å². The summed E-state index contributed by atoms with van der Waals surface area (Å²) >= 11 is 7.72. The lowest BCUT2D eigenvalue weighted by atomic mass is 10.1. The van der Waals surface area contributed by atoms with Crippen LogP contribution < -0.4 is 5.56 Å². The van der Waals surface area contributed by atoms with Gasteiger partial charge in [-0.25, -0.2) is 4.98 Å². The van der Waals surface area contributed by atoms with E-state index in [4.69, 9.17) is 11.6 Å². The predicted molar refractivity (Wildman–Crippen MR) is 95.6 cm³/mol. The van der Waals surface area contributed by atoms with Crippen LogP contribution in [0.25, 0.3) is 21.3 Å². The zero-order valence-electron chi connectivity index (χ0n) is 12.9. The van der Waals surface area contributed by atoms with Gasteiger partial charge in [0, 0.05) is 41.5 Å². The number of thiophene rings is 1. The molecule has 1 aliphatic heterocycles. The molecule has 0 spiro atoms. The summed E-state index contributed by atoms with van der Waals surface area (Å²) in [5, 5.41) is 3.08. The maximum atomic E-state index is 13.1. The lowest BCUT2D eigenvalue weighted by molar-refractivity contribution is -0.126. The van der Waals surface area contributed by atoms with Crippen molar-refractivity contribution in [1.29, 1.82) is 0 Å². The van der Waals surface area contributed by atoms with Crippen molar-refractivity contribution in [1.82, 2.24) is 14.5 Å². The number of aromatic nitrogens is 2. The number of hydrogen-bond donors (Lipinski definition) is 0. The number of amides is 1. The molecule has 7 heteroatoms. The van der Waals surface area contributed by atoms with Gasteiger partial charge in [0.2, 0.25) is 5.91 Å². The number of nitrogens with zero attached hydrogens (tertiary/aromatic N) is 3. The first-order chi connectivity index (χ1) is 11.6. The quantitative estimate of drug-likeness (QED) is 0.706. The Morgan fingerprint density at radius 2 is 2.04 bits per heavy atom. The van der Waals surface area contributed by atoms with Crippen LogP contribution >= 0.6 is 22.9 Å². The largest absolute Gasteiger partial charge is 0.344 e. The first-order valence-corrected chi connectivity index (χ1v) is 8.79. The standard InChI is InChI=1S/C17H14ClN3O2S/c1-20-7-10(6-14(20)22)21-9-19-16-15(17(21)23)12(8-24-16)11-4-2-3-5-13(11)18/h2-5,8-10H,6-7H2,1H3. The van der Waals surface area contributed by atoms with Crippen molar-refractivity contribution in [3.8, 4) is 11.1 Å². The fraction of sp³-hybridized carbons (Fsp3) is 0.235. The van der Waals surface area contributed by atoms with Gasteiger partial charge < -0.3 is 4.90 Å². The number of likely N-dealkylation sites (N-methyl/N-ethyl adjacent to an activating group) is 1.